The molecule has 1 aromatic heterocycles. The highest BCUT2D eigenvalue weighted by Crippen LogP contribution is 2.48. The molecule has 242 valence electrons. The third-order valence-corrected chi connectivity index (χ3v) is 7.19. The fraction of sp³-hybridized carbons (Fsp3) is 0.323. The summed E-state index contributed by atoms with van der Waals surface area (Å²) in [5, 5.41) is 5.03. The monoisotopic (exact) mass is 643 g/mol. The number of hydrogen-bond acceptors (Lipinski definition) is 9. The van der Waals surface area contributed by atoms with Crippen LogP contribution in [-0.4, -0.2) is 73.6 Å². The number of ether oxygens (including phenoxy) is 5. The highest BCUT2D eigenvalue weighted by atomic mass is 19.4. The Bertz CT molecular complexity index is 1700. The number of nitrogens with one attached hydrogen (secondary N) is 2. The van der Waals surface area contributed by atoms with Crippen LogP contribution in [0.15, 0.2) is 54.9 Å². The lowest BCUT2D eigenvalue weighted by Crippen LogP contribution is -2.37. The first-order chi connectivity index (χ1) is 22.2. The molecule has 11 nitrogen and oxygen atoms in total. The molecule has 1 saturated heterocycles. The molecule has 4 aromatic rings. The van der Waals surface area contributed by atoms with Gasteiger partial charge in [-0.15, -0.1) is 0 Å². The van der Waals surface area contributed by atoms with Crippen LogP contribution >= 0.6 is 0 Å². The SMILES string of the molecule is O=C(Nc1ccc(Oc2ncnc3cc(OCCCN4CCOCC4)c4c(c23)OCCO4)cc1)Nc1cc(C(F)(F)F)ccc1F. The van der Waals surface area contributed by atoms with Crippen molar-refractivity contribution in [1.82, 2.24) is 14.9 Å². The predicted octanol–water partition coefficient (Wildman–Crippen LogP) is 6.10. The zero-order valence-electron chi connectivity index (χ0n) is 24.4. The van der Waals surface area contributed by atoms with E-state index in [1.165, 1.54) is 18.5 Å². The van der Waals surface area contributed by atoms with Crippen LogP contribution in [0.2, 0.25) is 0 Å². The van der Waals surface area contributed by atoms with E-state index in [4.69, 9.17) is 23.7 Å². The second-order valence-electron chi connectivity index (χ2n) is 10.4. The molecular weight excluding hydrogens is 614 g/mol. The van der Waals surface area contributed by atoms with Gasteiger partial charge in [-0.05, 0) is 48.9 Å². The van der Waals surface area contributed by atoms with Gasteiger partial charge in [0.25, 0.3) is 0 Å². The van der Waals surface area contributed by atoms with Gasteiger partial charge in [0, 0.05) is 31.4 Å². The molecule has 3 aromatic carbocycles. The topological polar surface area (TPSA) is 116 Å². The van der Waals surface area contributed by atoms with E-state index in [0.29, 0.717) is 71.9 Å². The summed E-state index contributed by atoms with van der Waals surface area (Å²) in [7, 11) is 0. The number of amides is 2. The van der Waals surface area contributed by atoms with Crippen molar-refractivity contribution in [1.29, 1.82) is 0 Å². The van der Waals surface area contributed by atoms with Gasteiger partial charge in [0.05, 0.1) is 36.6 Å². The summed E-state index contributed by atoms with van der Waals surface area (Å²) in [4.78, 5) is 23.4. The molecule has 46 heavy (non-hydrogen) atoms. The maximum Gasteiger partial charge on any atom is 0.416 e. The van der Waals surface area contributed by atoms with Crippen molar-refractivity contribution < 1.29 is 46.0 Å². The van der Waals surface area contributed by atoms with Gasteiger partial charge < -0.3 is 34.3 Å². The summed E-state index contributed by atoms with van der Waals surface area (Å²) in [6.07, 6.45) is -2.52. The molecule has 0 atom stereocenters. The molecule has 2 aliphatic heterocycles. The molecule has 0 aliphatic carbocycles. The summed E-state index contributed by atoms with van der Waals surface area (Å²) in [6, 6.07) is 8.66. The van der Waals surface area contributed by atoms with Crippen molar-refractivity contribution in [2.24, 2.45) is 0 Å². The van der Waals surface area contributed by atoms with E-state index < -0.39 is 29.3 Å². The molecule has 15 heteroatoms. The fourth-order valence-corrected chi connectivity index (χ4v) is 4.96. The van der Waals surface area contributed by atoms with Gasteiger partial charge in [0.1, 0.15) is 36.5 Å². The van der Waals surface area contributed by atoms with Gasteiger partial charge >= 0.3 is 12.2 Å². The maximum absolute atomic E-state index is 14.0. The van der Waals surface area contributed by atoms with Crippen LogP contribution in [0.1, 0.15) is 12.0 Å². The van der Waals surface area contributed by atoms with E-state index >= 15 is 0 Å². The number of benzene rings is 3. The Hall–Kier alpha value is -4.89. The Balaban J connectivity index is 1.13. The highest BCUT2D eigenvalue weighted by molar-refractivity contribution is 6.00. The number of fused-ring (bicyclic) bond motifs is 3. The van der Waals surface area contributed by atoms with Crippen LogP contribution in [-0.2, 0) is 10.9 Å². The standard InChI is InChI=1S/C31H29F4N5O6/c32-22-7-2-19(31(33,34)35)16-23(22)39-30(41)38-20-3-5-21(6-4-20)46-29-26-24(36-18-37-29)17-25(27-28(26)45-15-14-44-27)43-11-1-8-40-9-12-42-13-10-40/h2-7,16-18H,1,8-15H2,(H2,38,39,41). The molecule has 2 N–H and O–H groups in total. The number of halogens is 4. The third-order valence-electron chi connectivity index (χ3n) is 7.19. The summed E-state index contributed by atoms with van der Waals surface area (Å²) in [5.74, 6) is 0.885. The number of alkyl halides is 3. The predicted molar refractivity (Wildman–Crippen MR) is 158 cm³/mol. The van der Waals surface area contributed by atoms with Crippen molar-refractivity contribution in [3.05, 3.63) is 66.2 Å². The highest BCUT2D eigenvalue weighted by Gasteiger charge is 2.31. The van der Waals surface area contributed by atoms with Gasteiger partial charge in [-0.2, -0.15) is 13.2 Å². The molecule has 6 rings (SSSR count). The average molecular weight is 644 g/mol. The Morgan fingerprint density at radius 3 is 2.46 bits per heavy atom. The Morgan fingerprint density at radius 1 is 0.935 bits per heavy atom. The van der Waals surface area contributed by atoms with E-state index in [1.807, 2.05) is 0 Å². The van der Waals surface area contributed by atoms with Crippen molar-refractivity contribution in [3.8, 4) is 28.9 Å². The molecule has 3 heterocycles. The van der Waals surface area contributed by atoms with Crippen molar-refractivity contribution in [3.63, 3.8) is 0 Å². The lowest BCUT2D eigenvalue weighted by atomic mass is 10.1. The van der Waals surface area contributed by atoms with E-state index in [0.717, 1.165) is 39.3 Å². The van der Waals surface area contributed by atoms with Crippen molar-refractivity contribution >= 4 is 28.3 Å². The quantitative estimate of drug-likeness (QED) is 0.165. The zero-order valence-corrected chi connectivity index (χ0v) is 24.4. The number of hydrogen-bond donors (Lipinski definition) is 2. The average Bonchev–Trinajstić information content (AvgIpc) is 3.05. The van der Waals surface area contributed by atoms with E-state index in [-0.39, 0.29) is 11.6 Å². The molecule has 2 aliphatic rings. The van der Waals surface area contributed by atoms with Crippen molar-refractivity contribution in [2.75, 3.05) is 63.3 Å². The molecule has 2 amide bonds. The summed E-state index contributed by atoms with van der Waals surface area (Å²) < 4.78 is 82.4. The first-order valence-corrected chi connectivity index (χ1v) is 14.5. The third kappa shape index (κ3) is 7.32. The number of rotatable bonds is 9. The van der Waals surface area contributed by atoms with Crippen molar-refractivity contribution in [2.45, 2.75) is 12.6 Å². The Kier molecular flexibility index (Phi) is 9.21. The minimum absolute atomic E-state index is 0.198. The van der Waals surface area contributed by atoms with Crippen LogP contribution < -0.4 is 29.6 Å². The summed E-state index contributed by atoms with van der Waals surface area (Å²) in [5.41, 5.74) is -0.910. The molecule has 0 saturated carbocycles. The van der Waals surface area contributed by atoms with Gasteiger partial charge in [-0.3, -0.25) is 4.90 Å². The smallest absolute Gasteiger partial charge is 0.416 e. The minimum atomic E-state index is -4.69. The second-order valence-corrected chi connectivity index (χ2v) is 10.4. The first kappa shape index (κ1) is 31.1. The zero-order chi connectivity index (χ0) is 32.1. The lowest BCUT2D eigenvalue weighted by molar-refractivity contribution is -0.137. The van der Waals surface area contributed by atoms with Crippen LogP contribution in [0.4, 0.5) is 33.7 Å². The maximum atomic E-state index is 14.0. The van der Waals surface area contributed by atoms with Gasteiger partial charge in [0.15, 0.2) is 11.5 Å². The molecule has 1 fully saturated rings. The fourth-order valence-electron chi connectivity index (χ4n) is 4.96. The number of carbonyl (C=O) groups is 1. The minimum Gasteiger partial charge on any atom is -0.489 e. The van der Waals surface area contributed by atoms with E-state index in [2.05, 4.69) is 25.5 Å². The van der Waals surface area contributed by atoms with E-state index in [1.54, 1.807) is 18.2 Å². The summed E-state index contributed by atoms with van der Waals surface area (Å²) in [6.45, 7) is 5.30. The molecule has 0 radical (unpaired) electrons. The van der Waals surface area contributed by atoms with Crippen LogP contribution in [0.25, 0.3) is 10.9 Å². The van der Waals surface area contributed by atoms with E-state index in [9.17, 15) is 22.4 Å². The van der Waals surface area contributed by atoms with Gasteiger partial charge in [-0.1, -0.05) is 0 Å². The van der Waals surface area contributed by atoms with Gasteiger partial charge in [-0.25, -0.2) is 19.2 Å². The number of urea groups is 1. The lowest BCUT2D eigenvalue weighted by Gasteiger charge is -2.26. The van der Waals surface area contributed by atoms with Crippen LogP contribution in [0.3, 0.4) is 0 Å². The number of carbonyl (C=O) groups excluding carboxylic acids is 1. The number of anilines is 2. The molecule has 0 bridgehead atoms. The Labute approximate surface area is 260 Å². The van der Waals surface area contributed by atoms with Crippen LogP contribution in [0, 0.1) is 5.82 Å². The second kappa shape index (κ2) is 13.6. The number of aromatic nitrogens is 2. The first-order valence-electron chi connectivity index (χ1n) is 14.5. The largest absolute Gasteiger partial charge is 0.489 e. The number of nitrogens with zero attached hydrogens (tertiary/aromatic N) is 3. The summed E-state index contributed by atoms with van der Waals surface area (Å²) >= 11 is 0. The van der Waals surface area contributed by atoms with Gasteiger partial charge in [0.2, 0.25) is 11.6 Å². The van der Waals surface area contributed by atoms with Crippen LogP contribution in [0.5, 0.6) is 28.9 Å². The number of morpholine rings is 1. The molecular formula is C31H29F4N5O6. The molecule has 0 spiro atoms. The molecule has 0 unspecified atom stereocenters. The normalized spacial score (nSPS) is 15.0. The Morgan fingerprint density at radius 2 is 1.70 bits per heavy atom.